The van der Waals surface area contributed by atoms with Crippen molar-refractivity contribution in [3.63, 3.8) is 0 Å². The van der Waals surface area contributed by atoms with Gasteiger partial charge in [-0.15, -0.1) is 12.4 Å². The molecule has 0 bridgehead atoms. The van der Waals surface area contributed by atoms with E-state index in [1.54, 1.807) is 0 Å². The second-order valence-corrected chi connectivity index (χ2v) is 6.44. The van der Waals surface area contributed by atoms with Crippen molar-refractivity contribution < 1.29 is 14.3 Å². The number of carbonyl (C=O) groups is 1. The van der Waals surface area contributed by atoms with Gasteiger partial charge < -0.3 is 20.5 Å². The summed E-state index contributed by atoms with van der Waals surface area (Å²) in [5, 5.41) is 3.01. The summed E-state index contributed by atoms with van der Waals surface area (Å²) in [6.45, 7) is 4.25. The van der Waals surface area contributed by atoms with Gasteiger partial charge in [-0.2, -0.15) is 0 Å². The maximum Gasteiger partial charge on any atom is 0.221 e. The average molecular weight is 370 g/mol. The van der Waals surface area contributed by atoms with Crippen LogP contribution in [0, 0.1) is 0 Å². The van der Waals surface area contributed by atoms with E-state index in [0.717, 1.165) is 31.0 Å². The molecule has 3 rings (SSSR count). The predicted octanol–water partition coefficient (Wildman–Crippen LogP) is 1.70. The maximum atomic E-state index is 11.7. The molecule has 2 heterocycles. The lowest BCUT2D eigenvalue weighted by molar-refractivity contribution is -0.121. The second-order valence-electron chi connectivity index (χ2n) is 6.44. The number of ether oxygens (including phenoxy) is 2. The summed E-state index contributed by atoms with van der Waals surface area (Å²) >= 11 is 0. The highest BCUT2D eigenvalue weighted by Crippen LogP contribution is 2.31. The number of nitrogens with one attached hydrogen (secondary N) is 1. The molecule has 25 heavy (non-hydrogen) atoms. The van der Waals surface area contributed by atoms with Crippen LogP contribution in [0.3, 0.4) is 0 Å². The third kappa shape index (κ3) is 5.49. The van der Waals surface area contributed by atoms with E-state index in [4.69, 9.17) is 15.2 Å². The Morgan fingerprint density at radius 1 is 1.24 bits per heavy atom. The number of benzene rings is 1. The number of rotatable bonds is 6. The molecule has 1 fully saturated rings. The quantitative estimate of drug-likeness (QED) is 0.798. The van der Waals surface area contributed by atoms with E-state index in [1.807, 2.05) is 6.07 Å². The molecule has 0 spiro atoms. The van der Waals surface area contributed by atoms with Crippen LogP contribution in [0.25, 0.3) is 0 Å². The van der Waals surface area contributed by atoms with E-state index < -0.39 is 0 Å². The van der Waals surface area contributed by atoms with Gasteiger partial charge in [0, 0.05) is 32.1 Å². The van der Waals surface area contributed by atoms with Crippen molar-refractivity contribution in [3.05, 3.63) is 23.8 Å². The fourth-order valence-corrected chi connectivity index (χ4v) is 3.37. The van der Waals surface area contributed by atoms with Crippen molar-refractivity contribution >= 4 is 18.3 Å². The van der Waals surface area contributed by atoms with Gasteiger partial charge in [-0.25, -0.2) is 0 Å². The smallest absolute Gasteiger partial charge is 0.221 e. The van der Waals surface area contributed by atoms with Crippen molar-refractivity contribution in [3.8, 4) is 11.5 Å². The van der Waals surface area contributed by atoms with Crippen LogP contribution < -0.4 is 20.5 Å². The van der Waals surface area contributed by atoms with E-state index in [2.05, 4.69) is 22.3 Å². The zero-order valence-corrected chi connectivity index (χ0v) is 15.4. The molecule has 1 saturated heterocycles. The minimum absolute atomic E-state index is 0. The molecular weight excluding hydrogens is 342 g/mol. The number of likely N-dealkylation sites (tertiary alicyclic amines) is 1. The van der Waals surface area contributed by atoms with Crippen LogP contribution in [-0.2, 0) is 11.3 Å². The van der Waals surface area contributed by atoms with Crippen molar-refractivity contribution in [2.75, 3.05) is 32.8 Å². The minimum atomic E-state index is 0. The summed E-state index contributed by atoms with van der Waals surface area (Å²) in [7, 11) is 0. The molecular formula is C18H28ClN3O3. The summed E-state index contributed by atoms with van der Waals surface area (Å²) in [6.07, 6.45) is 3.94. The van der Waals surface area contributed by atoms with Gasteiger partial charge in [-0.1, -0.05) is 12.5 Å². The first kappa shape index (κ1) is 19.8. The van der Waals surface area contributed by atoms with Gasteiger partial charge in [-0.3, -0.25) is 9.69 Å². The van der Waals surface area contributed by atoms with Crippen molar-refractivity contribution in [1.29, 1.82) is 0 Å². The third-order valence-electron chi connectivity index (χ3n) is 4.65. The lowest BCUT2D eigenvalue weighted by atomic mass is 10.0. The second kappa shape index (κ2) is 9.85. The Morgan fingerprint density at radius 2 is 2.04 bits per heavy atom. The Bertz CT molecular complexity index is 570. The van der Waals surface area contributed by atoms with Crippen molar-refractivity contribution in [2.45, 2.75) is 38.3 Å². The minimum Gasteiger partial charge on any atom is -0.486 e. The van der Waals surface area contributed by atoms with Gasteiger partial charge in [-0.05, 0) is 37.1 Å². The molecule has 1 atom stereocenters. The molecule has 1 aromatic rings. The normalized spacial score (nSPS) is 19.8. The highest BCUT2D eigenvalue weighted by atomic mass is 35.5. The van der Waals surface area contributed by atoms with E-state index in [9.17, 15) is 4.79 Å². The van der Waals surface area contributed by atoms with Crippen LogP contribution in [0.2, 0.25) is 0 Å². The summed E-state index contributed by atoms with van der Waals surface area (Å²) in [5.41, 5.74) is 6.65. The fraction of sp³-hybridized carbons (Fsp3) is 0.611. The predicted molar refractivity (Wildman–Crippen MR) is 99.4 cm³/mol. The molecule has 1 unspecified atom stereocenters. The number of piperidine rings is 1. The standard InChI is InChI=1S/C18H27N3O3.ClH/c19-7-6-18(22)20-12-15-3-1-2-8-21(15)13-14-4-5-16-17(11-14)24-10-9-23-16;/h4-5,11,15H,1-3,6-10,12-13,19H2,(H,20,22);1H. The number of amides is 1. The number of fused-ring (bicyclic) bond motifs is 1. The fourth-order valence-electron chi connectivity index (χ4n) is 3.37. The van der Waals surface area contributed by atoms with E-state index >= 15 is 0 Å². The van der Waals surface area contributed by atoms with Gasteiger partial charge in [0.1, 0.15) is 13.2 Å². The molecule has 6 nitrogen and oxygen atoms in total. The Labute approximate surface area is 155 Å². The molecule has 0 radical (unpaired) electrons. The largest absolute Gasteiger partial charge is 0.486 e. The number of nitrogens with zero attached hydrogens (tertiary/aromatic N) is 1. The van der Waals surface area contributed by atoms with Crippen LogP contribution in [0.4, 0.5) is 0 Å². The molecule has 7 heteroatoms. The zero-order valence-electron chi connectivity index (χ0n) is 14.5. The Balaban J connectivity index is 0.00000225. The van der Waals surface area contributed by atoms with E-state index in [0.29, 0.717) is 38.8 Å². The lowest BCUT2D eigenvalue weighted by Gasteiger charge is -2.36. The van der Waals surface area contributed by atoms with Gasteiger partial charge in [0.15, 0.2) is 11.5 Å². The van der Waals surface area contributed by atoms with E-state index in [-0.39, 0.29) is 18.3 Å². The Morgan fingerprint density at radius 3 is 2.84 bits per heavy atom. The van der Waals surface area contributed by atoms with Crippen LogP contribution >= 0.6 is 12.4 Å². The highest BCUT2D eigenvalue weighted by molar-refractivity contribution is 5.85. The van der Waals surface area contributed by atoms with Crippen molar-refractivity contribution in [2.24, 2.45) is 5.73 Å². The number of hydrogen-bond acceptors (Lipinski definition) is 5. The number of hydrogen-bond donors (Lipinski definition) is 2. The molecule has 2 aliphatic heterocycles. The number of nitrogens with two attached hydrogens (primary N) is 1. The molecule has 1 aromatic carbocycles. The molecule has 0 saturated carbocycles. The number of carbonyl (C=O) groups excluding carboxylic acids is 1. The molecule has 3 N–H and O–H groups in total. The first-order chi connectivity index (χ1) is 11.8. The van der Waals surface area contributed by atoms with Gasteiger partial charge in [0.25, 0.3) is 0 Å². The zero-order chi connectivity index (χ0) is 16.8. The third-order valence-corrected chi connectivity index (χ3v) is 4.65. The highest BCUT2D eigenvalue weighted by Gasteiger charge is 2.23. The average Bonchev–Trinajstić information content (AvgIpc) is 2.61. The molecule has 1 amide bonds. The molecule has 2 aliphatic rings. The maximum absolute atomic E-state index is 11.7. The van der Waals surface area contributed by atoms with Crippen LogP contribution in [-0.4, -0.2) is 49.7 Å². The molecule has 0 aliphatic carbocycles. The Kier molecular flexibility index (Phi) is 7.81. The topological polar surface area (TPSA) is 76.8 Å². The summed E-state index contributed by atoms with van der Waals surface area (Å²) in [4.78, 5) is 14.1. The van der Waals surface area contributed by atoms with Gasteiger partial charge >= 0.3 is 0 Å². The summed E-state index contributed by atoms with van der Waals surface area (Å²) in [5.74, 6) is 1.71. The monoisotopic (exact) mass is 369 g/mol. The van der Waals surface area contributed by atoms with Crippen LogP contribution in [0.5, 0.6) is 11.5 Å². The SMILES string of the molecule is Cl.NCCC(=O)NCC1CCCCN1Cc1ccc2c(c1)OCCO2. The summed E-state index contributed by atoms with van der Waals surface area (Å²) < 4.78 is 11.3. The first-order valence-electron chi connectivity index (χ1n) is 8.85. The lowest BCUT2D eigenvalue weighted by Crippen LogP contribution is -2.46. The molecule has 0 aromatic heterocycles. The van der Waals surface area contributed by atoms with Gasteiger partial charge in [0.05, 0.1) is 0 Å². The number of halogens is 1. The summed E-state index contributed by atoms with van der Waals surface area (Å²) in [6, 6.07) is 6.55. The van der Waals surface area contributed by atoms with Gasteiger partial charge in [0.2, 0.25) is 5.91 Å². The Hall–Kier alpha value is -1.50. The molecule has 140 valence electrons. The first-order valence-corrected chi connectivity index (χ1v) is 8.85. The van der Waals surface area contributed by atoms with Crippen LogP contribution in [0.15, 0.2) is 18.2 Å². The van der Waals surface area contributed by atoms with E-state index in [1.165, 1.54) is 18.4 Å². The van der Waals surface area contributed by atoms with Crippen LogP contribution in [0.1, 0.15) is 31.2 Å². The van der Waals surface area contributed by atoms with Crippen molar-refractivity contribution in [1.82, 2.24) is 10.2 Å².